The van der Waals surface area contributed by atoms with Crippen molar-refractivity contribution in [3.8, 4) is 0 Å². The molecule has 2 fully saturated rings. The van der Waals surface area contributed by atoms with Crippen LogP contribution in [-0.4, -0.2) is 76.6 Å². The molecule has 2 aromatic rings. The van der Waals surface area contributed by atoms with Crippen molar-refractivity contribution < 1.29 is 22.4 Å². The van der Waals surface area contributed by atoms with Gasteiger partial charge in [0.2, 0.25) is 10.0 Å². The molecule has 1 amide bonds. The molecule has 8 nitrogen and oxygen atoms in total. The summed E-state index contributed by atoms with van der Waals surface area (Å²) in [6.45, 7) is 11.3. The number of fused-ring (bicyclic) bond motifs is 1. The number of nitrogens with one attached hydrogen (secondary N) is 1. The van der Waals surface area contributed by atoms with Gasteiger partial charge in [-0.05, 0) is 63.8 Å². The predicted octanol–water partition coefficient (Wildman–Crippen LogP) is 3.37. The number of hydrogen-bond acceptors (Lipinski definition) is 6. The molecule has 4 rings (SSSR count). The predicted molar refractivity (Wildman–Crippen MR) is 132 cm³/mol. The zero-order chi connectivity index (χ0) is 24.3. The molecule has 0 spiro atoms. The lowest BCUT2D eigenvalue weighted by atomic mass is 10.0. The van der Waals surface area contributed by atoms with Gasteiger partial charge in [-0.3, -0.25) is 9.69 Å². The number of aryl methyl sites for hydroxylation is 2. The maximum Gasteiger partial charge on any atom is 0.289 e. The van der Waals surface area contributed by atoms with Crippen LogP contribution in [0.15, 0.2) is 15.4 Å². The molecule has 0 unspecified atom stereocenters. The van der Waals surface area contributed by atoms with Crippen molar-refractivity contribution in [2.24, 2.45) is 0 Å². The highest BCUT2D eigenvalue weighted by Crippen LogP contribution is 2.35. The minimum absolute atomic E-state index is 0.145. The first-order chi connectivity index (χ1) is 16.3. The van der Waals surface area contributed by atoms with E-state index < -0.39 is 10.0 Å². The Balaban J connectivity index is 1.59. The molecule has 0 radical (unpaired) electrons. The van der Waals surface area contributed by atoms with Gasteiger partial charge in [0.1, 0.15) is 4.90 Å². The third kappa shape index (κ3) is 5.32. The van der Waals surface area contributed by atoms with Crippen LogP contribution in [-0.2, 0) is 14.8 Å². The van der Waals surface area contributed by atoms with E-state index in [1.54, 1.807) is 6.92 Å². The van der Waals surface area contributed by atoms with Gasteiger partial charge in [0.05, 0.1) is 13.2 Å². The Hall–Kier alpha value is -1.94. The van der Waals surface area contributed by atoms with Crippen LogP contribution >= 0.6 is 0 Å². The fourth-order valence-corrected chi connectivity index (χ4v) is 6.41. The Morgan fingerprint density at radius 2 is 1.68 bits per heavy atom. The fraction of sp³-hybridized carbons (Fsp3) is 0.640. The summed E-state index contributed by atoms with van der Waals surface area (Å²) in [6, 6.07) is 1.93. The Bertz CT molecular complexity index is 1130. The average Bonchev–Trinajstić information content (AvgIpc) is 2.99. The number of sulfonamides is 1. The van der Waals surface area contributed by atoms with Gasteiger partial charge in [-0.1, -0.05) is 12.8 Å². The highest BCUT2D eigenvalue weighted by Gasteiger charge is 2.29. The second-order valence-corrected chi connectivity index (χ2v) is 11.2. The van der Waals surface area contributed by atoms with E-state index in [4.69, 9.17) is 9.15 Å². The summed E-state index contributed by atoms with van der Waals surface area (Å²) in [7, 11) is -3.81. The summed E-state index contributed by atoms with van der Waals surface area (Å²) in [4.78, 5) is 17.6. The van der Waals surface area contributed by atoms with Crippen molar-refractivity contribution in [1.29, 1.82) is 0 Å². The van der Waals surface area contributed by atoms with E-state index in [9.17, 15) is 13.2 Å². The van der Waals surface area contributed by atoms with Crippen molar-refractivity contribution in [2.45, 2.75) is 57.8 Å². The van der Waals surface area contributed by atoms with Crippen molar-refractivity contribution in [3.05, 3.63) is 28.5 Å². The fourth-order valence-electron chi connectivity index (χ4n) is 4.89. The van der Waals surface area contributed by atoms with E-state index in [-0.39, 0.29) is 22.1 Å². The van der Waals surface area contributed by atoms with E-state index in [1.165, 1.54) is 0 Å². The number of rotatable bonds is 7. The lowest BCUT2D eigenvalue weighted by Gasteiger charge is -2.26. The molecule has 0 aliphatic carbocycles. The van der Waals surface area contributed by atoms with Crippen LogP contribution in [0.1, 0.15) is 59.3 Å². The average molecular weight is 492 g/mol. The molecule has 3 heterocycles. The molecule has 0 atom stereocenters. The molecule has 0 bridgehead atoms. The highest BCUT2D eigenvalue weighted by atomic mass is 32.2. The number of morpholine rings is 1. The van der Waals surface area contributed by atoms with E-state index >= 15 is 0 Å². The van der Waals surface area contributed by atoms with Crippen LogP contribution in [0.4, 0.5) is 0 Å². The maximum absolute atomic E-state index is 13.4. The molecule has 1 N–H and O–H groups in total. The Kier molecular flexibility index (Phi) is 7.97. The third-order valence-corrected chi connectivity index (χ3v) is 8.71. The number of furan rings is 1. The maximum atomic E-state index is 13.4. The molecule has 0 saturated carbocycles. The topological polar surface area (TPSA) is 92.1 Å². The van der Waals surface area contributed by atoms with E-state index in [2.05, 4.69) is 9.62 Å². The van der Waals surface area contributed by atoms with Crippen LogP contribution in [0.3, 0.4) is 0 Å². The number of carbonyl (C=O) groups excluding carboxylic acids is 1. The molecular weight excluding hydrogens is 454 g/mol. The standard InChI is InChI=1S/C25H37N3O5S/c1-18-17-21-20(3)22(25(29)28-11-6-4-5-7-12-28)33-23(21)24(19(18)2)34(30,31)26-9-8-10-27-13-15-32-16-14-27/h17,26H,4-16H2,1-3H3. The van der Waals surface area contributed by atoms with Crippen LogP contribution in [0, 0.1) is 20.8 Å². The van der Waals surface area contributed by atoms with E-state index in [1.807, 2.05) is 24.8 Å². The summed E-state index contributed by atoms with van der Waals surface area (Å²) >= 11 is 0. The van der Waals surface area contributed by atoms with Gasteiger partial charge in [-0.2, -0.15) is 0 Å². The molecular formula is C25H37N3O5S. The highest BCUT2D eigenvalue weighted by molar-refractivity contribution is 7.89. The molecule has 9 heteroatoms. The second kappa shape index (κ2) is 10.8. The molecule has 1 aromatic heterocycles. The minimum atomic E-state index is -3.81. The lowest BCUT2D eigenvalue weighted by molar-refractivity contribution is 0.0376. The SMILES string of the molecule is Cc1cc2c(C)c(C(=O)N3CCCCCC3)oc2c(S(=O)(=O)NCCCN2CCOCC2)c1C. The number of hydrogen-bond donors (Lipinski definition) is 1. The molecule has 1 aromatic carbocycles. The van der Waals surface area contributed by atoms with Crippen LogP contribution in [0.5, 0.6) is 0 Å². The Morgan fingerprint density at radius 1 is 1.00 bits per heavy atom. The molecule has 2 aliphatic rings. The van der Waals surface area contributed by atoms with Crippen molar-refractivity contribution in [1.82, 2.24) is 14.5 Å². The number of ether oxygens (including phenoxy) is 1. The Labute approximate surface area is 202 Å². The van der Waals surface area contributed by atoms with Crippen LogP contribution in [0.25, 0.3) is 11.0 Å². The lowest BCUT2D eigenvalue weighted by Crippen LogP contribution is -2.38. The van der Waals surface area contributed by atoms with Crippen molar-refractivity contribution in [2.75, 3.05) is 52.5 Å². The van der Waals surface area contributed by atoms with Gasteiger partial charge >= 0.3 is 0 Å². The first-order valence-electron chi connectivity index (χ1n) is 12.4. The molecule has 34 heavy (non-hydrogen) atoms. The normalized spacial score (nSPS) is 18.4. The quantitative estimate of drug-likeness (QED) is 0.597. The summed E-state index contributed by atoms with van der Waals surface area (Å²) < 4.78 is 41.0. The van der Waals surface area contributed by atoms with Crippen LogP contribution in [0.2, 0.25) is 0 Å². The molecule has 188 valence electrons. The van der Waals surface area contributed by atoms with Gasteiger partial charge in [0.15, 0.2) is 11.3 Å². The second-order valence-electron chi connectivity index (χ2n) is 9.49. The van der Waals surface area contributed by atoms with E-state index in [0.29, 0.717) is 42.6 Å². The van der Waals surface area contributed by atoms with Gasteiger partial charge in [-0.25, -0.2) is 13.1 Å². The first kappa shape index (κ1) is 25.2. The zero-order valence-electron chi connectivity index (χ0n) is 20.6. The first-order valence-corrected chi connectivity index (χ1v) is 13.9. The van der Waals surface area contributed by atoms with E-state index in [0.717, 1.165) is 64.1 Å². The van der Waals surface area contributed by atoms with Gasteiger partial charge in [0, 0.05) is 43.7 Å². The number of likely N-dealkylation sites (tertiary alicyclic amines) is 1. The minimum Gasteiger partial charge on any atom is -0.449 e. The van der Waals surface area contributed by atoms with Gasteiger partial charge in [0.25, 0.3) is 5.91 Å². The van der Waals surface area contributed by atoms with Gasteiger partial charge in [-0.15, -0.1) is 0 Å². The van der Waals surface area contributed by atoms with Crippen LogP contribution < -0.4 is 4.72 Å². The van der Waals surface area contributed by atoms with Crippen molar-refractivity contribution in [3.63, 3.8) is 0 Å². The summed E-state index contributed by atoms with van der Waals surface area (Å²) in [5, 5.41) is 0.690. The largest absolute Gasteiger partial charge is 0.449 e. The number of benzene rings is 1. The third-order valence-electron chi connectivity index (χ3n) is 7.10. The monoisotopic (exact) mass is 491 g/mol. The summed E-state index contributed by atoms with van der Waals surface area (Å²) in [5.74, 6) is 0.110. The van der Waals surface area contributed by atoms with Gasteiger partial charge < -0.3 is 14.1 Å². The Morgan fingerprint density at radius 3 is 2.35 bits per heavy atom. The van der Waals surface area contributed by atoms with Crippen molar-refractivity contribution >= 4 is 26.9 Å². The summed E-state index contributed by atoms with van der Waals surface area (Å²) in [6.07, 6.45) is 4.93. The molecule has 2 aliphatic heterocycles. The number of carbonyl (C=O) groups is 1. The summed E-state index contributed by atoms with van der Waals surface area (Å²) in [5.41, 5.74) is 2.49. The zero-order valence-corrected chi connectivity index (χ0v) is 21.4. The number of nitrogens with zero attached hydrogens (tertiary/aromatic N) is 2. The smallest absolute Gasteiger partial charge is 0.289 e. The number of amides is 1. The molecule has 2 saturated heterocycles.